The molecule has 4 aromatic rings. The average Bonchev–Trinajstić information content (AvgIpc) is 3.55. The Morgan fingerprint density at radius 2 is 1.26 bits per heavy atom. The van der Waals surface area contributed by atoms with Gasteiger partial charge in [0.05, 0.1) is 38.0 Å². The quantitative estimate of drug-likeness (QED) is 0.113. The first-order valence-corrected chi connectivity index (χ1v) is 29.7. The monoisotopic (exact) mass is 1110 g/mol. The minimum atomic E-state index is -0.475. The molecule has 2 unspecified atom stereocenters. The first kappa shape index (κ1) is 64.2. The number of hydrogen-bond acceptors (Lipinski definition) is 19. The molecule has 0 saturated carbocycles. The molecule has 12 rings (SSSR count). The highest BCUT2D eigenvalue weighted by Gasteiger charge is 2.32. The lowest BCUT2D eigenvalue weighted by molar-refractivity contribution is -0.0334. The molecule has 11 heterocycles. The topological polar surface area (TPSA) is 299 Å². The second kappa shape index (κ2) is 43.0. The number of para-hydroxylation sites is 1. The maximum absolute atomic E-state index is 10.7. The molecule has 21 nitrogen and oxygen atoms in total. The zero-order chi connectivity index (χ0) is 53.1. The number of nitrogens with two attached hydrogens (primary N) is 1. The van der Waals surface area contributed by atoms with Gasteiger partial charge >= 0.3 is 23.0 Å². The van der Waals surface area contributed by atoms with Gasteiger partial charge < -0.3 is 61.5 Å². The molecule has 2 amide bonds. The highest BCUT2D eigenvalue weighted by Crippen LogP contribution is 2.33. The van der Waals surface area contributed by atoms with E-state index in [4.69, 9.17) is 19.6 Å². The number of nitrogens with one attached hydrogen (secondary N) is 10. The molecular weight excluding hydrogens is 1030 g/mol. The summed E-state index contributed by atoms with van der Waals surface area (Å²) in [5.74, 6) is 6.78. The molecule has 1 aromatic carbocycles. The molecule has 12 N–H and O–H groups in total. The van der Waals surface area contributed by atoms with E-state index < -0.39 is 11.4 Å². The fraction of sp³-hybridized carbons (Fsp3) is 0.592. The number of rotatable bonds is 0. The van der Waals surface area contributed by atoms with E-state index >= 15 is 0 Å². The van der Waals surface area contributed by atoms with Crippen LogP contribution in [0.5, 0.6) is 0 Å². The van der Waals surface area contributed by atoms with Crippen LogP contribution in [0.3, 0.4) is 0 Å². The van der Waals surface area contributed by atoms with E-state index in [1.165, 1.54) is 142 Å². The van der Waals surface area contributed by atoms with E-state index in [-0.39, 0.29) is 28.9 Å². The number of carbonyl (C=O) groups excluding carboxylic acids is 1. The van der Waals surface area contributed by atoms with Crippen LogP contribution in [0.1, 0.15) is 44.2 Å². The summed E-state index contributed by atoms with van der Waals surface area (Å²) in [6, 6.07) is 12.9. The molecule has 74 heavy (non-hydrogen) atoms. The zero-order valence-corrected chi connectivity index (χ0v) is 46.0. The van der Waals surface area contributed by atoms with Crippen molar-refractivity contribution in [1.29, 1.82) is 0 Å². The first-order valence-electron chi connectivity index (χ1n) is 25.2. The van der Waals surface area contributed by atoms with Crippen LogP contribution >= 0.6 is 47.0 Å². The number of benzene rings is 1. The van der Waals surface area contributed by atoms with E-state index in [9.17, 15) is 28.8 Å². The van der Waals surface area contributed by atoms with Crippen molar-refractivity contribution in [1.82, 2.24) is 56.7 Å². The molecule has 8 aliphatic rings. The van der Waals surface area contributed by atoms with Crippen molar-refractivity contribution in [3.05, 3.63) is 125 Å². The Hall–Kier alpha value is -4.12. The number of fused-ring (bicyclic) bond motifs is 2. The van der Waals surface area contributed by atoms with Crippen LogP contribution in [0.25, 0.3) is 11.0 Å². The number of thioether (sulfide) groups is 4. The van der Waals surface area contributed by atoms with Crippen LogP contribution in [-0.2, 0) is 9.47 Å². The van der Waals surface area contributed by atoms with Crippen molar-refractivity contribution in [2.75, 3.05) is 126 Å². The molecular formula is C49H80N12O9S4. The van der Waals surface area contributed by atoms with Crippen molar-refractivity contribution in [3.63, 3.8) is 0 Å². The van der Waals surface area contributed by atoms with E-state index in [0.29, 0.717) is 11.3 Å². The number of aromatic amines is 4. The molecule has 0 aliphatic carbocycles. The molecule has 3 aromatic heterocycles. The van der Waals surface area contributed by atoms with Gasteiger partial charge in [-0.1, -0.05) is 31.0 Å². The van der Waals surface area contributed by atoms with Gasteiger partial charge in [-0.25, -0.2) is 19.2 Å². The molecule has 0 bridgehead atoms. The Balaban J connectivity index is 0.000000218. The lowest BCUT2D eigenvalue weighted by atomic mass is 10.2. The molecule has 414 valence electrons. The number of carbonyl (C=O) groups is 1. The van der Waals surface area contributed by atoms with Gasteiger partial charge in [0.15, 0.2) is 0 Å². The number of H-pyrrole nitrogens is 4. The third-order valence-corrected chi connectivity index (χ3v) is 15.2. The summed E-state index contributed by atoms with van der Waals surface area (Å²) in [6.45, 7) is 17.0. The molecule has 2 atom stereocenters. The summed E-state index contributed by atoms with van der Waals surface area (Å²) in [7, 11) is 0. The van der Waals surface area contributed by atoms with Gasteiger partial charge in [0, 0.05) is 116 Å². The molecule has 7 fully saturated rings. The molecule has 8 aliphatic heterocycles. The summed E-state index contributed by atoms with van der Waals surface area (Å²) in [5.41, 5.74) is 4.50. The van der Waals surface area contributed by atoms with Gasteiger partial charge in [-0.05, 0) is 75.4 Å². The highest BCUT2D eigenvalue weighted by molar-refractivity contribution is 8.16. The van der Waals surface area contributed by atoms with Crippen molar-refractivity contribution >= 4 is 64.0 Å². The SMILES string of the molecule is C1CCCNCC1.C1CN2CCC2S1.C1CNCCN1.C1COCCO1.C1CSCCN1.C1CSCSC1.Cc1cc(=O)[nH]c(=O)[nH]1.NC1C=CNC(=O)N1.O=c1cc[nH]c(=O)[nH]1.O=c1ccc2ccccc2o1. The van der Waals surface area contributed by atoms with Gasteiger partial charge in [0.2, 0.25) is 0 Å². The molecule has 25 heteroatoms. The average molecular weight is 1110 g/mol. The largest absolute Gasteiger partial charge is 0.423 e. The Bertz CT molecular complexity index is 2200. The van der Waals surface area contributed by atoms with E-state index in [1.54, 1.807) is 25.1 Å². The number of nitrogens with zero attached hydrogens (tertiary/aromatic N) is 1. The predicted molar refractivity (Wildman–Crippen MR) is 307 cm³/mol. The number of ether oxygens (including phenoxy) is 2. The van der Waals surface area contributed by atoms with Crippen LogP contribution in [0, 0.1) is 6.92 Å². The Morgan fingerprint density at radius 3 is 1.66 bits per heavy atom. The first-order chi connectivity index (χ1) is 36.1. The third kappa shape index (κ3) is 34.4. The lowest BCUT2D eigenvalue weighted by Gasteiger charge is -2.33. The zero-order valence-electron chi connectivity index (χ0n) is 42.7. The van der Waals surface area contributed by atoms with Crippen molar-refractivity contribution in [2.24, 2.45) is 5.73 Å². The fourth-order valence-electron chi connectivity index (χ4n) is 6.60. The molecule has 7 saturated heterocycles. The number of hydrogen-bond donors (Lipinski definition) is 11. The van der Waals surface area contributed by atoms with E-state index in [2.05, 4.69) is 82.1 Å². The summed E-state index contributed by atoms with van der Waals surface area (Å²) in [6.07, 6.45) is 12.7. The summed E-state index contributed by atoms with van der Waals surface area (Å²) >= 11 is 8.27. The Kier molecular flexibility index (Phi) is 37.3. The van der Waals surface area contributed by atoms with Gasteiger partial charge in [-0.3, -0.25) is 24.5 Å². The highest BCUT2D eigenvalue weighted by atomic mass is 32.2. The maximum Gasteiger partial charge on any atom is 0.336 e. The van der Waals surface area contributed by atoms with Crippen LogP contribution in [0.2, 0.25) is 0 Å². The van der Waals surface area contributed by atoms with Crippen LogP contribution in [0.4, 0.5) is 4.79 Å². The number of urea groups is 1. The van der Waals surface area contributed by atoms with Gasteiger partial charge in [0.25, 0.3) is 11.1 Å². The Morgan fingerprint density at radius 1 is 0.622 bits per heavy atom. The van der Waals surface area contributed by atoms with E-state index in [1.807, 2.05) is 39.9 Å². The predicted octanol–water partition coefficient (Wildman–Crippen LogP) is 2.59. The van der Waals surface area contributed by atoms with Crippen molar-refractivity contribution in [2.45, 2.75) is 57.0 Å². The van der Waals surface area contributed by atoms with E-state index in [0.717, 1.165) is 63.4 Å². The maximum atomic E-state index is 10.7. The number of aryl methyl sites for hydroxylation is 1. The number of piperazine rings is 1. The van der Waals surface area contributed by atoms with Crippen molar-refractivity contribution < 1.29 is 18.7 Å². The normalized spacial score (nSPS) is 20.4. The lowest BCUT2D eigenvalue weighted by Crippen LogP contribution is -2.47. The fourth-order valence-corrected chi connectivity index (χ4v) is 11.0. The van der Waals surface area contributed by atoms with Crippen LogP contribution in [-0.4, -0.2) is 168 Å². The summed E-state index contributed by atoms with van der Waals surface area (Å²) < 4.78 is 14.8. The third-order valence-electron chi connectivity index (χ3n) is 10.4. The van der Waals surface area contributed by atoms with Gasteiger partial charge in [0.1, 0.15) is 5.58 Å². The van der Waals surface area contributed by atoms with Gasteiger partial charge in [-0.15, -0.1) is 11.8 Å². The second-order valence-corrected chi connectivity index (χ2v) is 21.6. The summed E-state index contributed by atoms with van der Waals surface area (Å²) in [5, 5.41) is 21.1. The van der Waals surface area contributed by atoms with Gasteiger partial charge in [-0.2, -0.15) is 35.3 Å². The van der Waals surface area contributed by atoms with Crippen molar-refractivity contribution in [3.8, 4) is 0 Å². The molecule has 0 spiro atoms. The van der Waals surface area contributed by atoms with Crippen LogP contribution < -0.4 is 65.8 Å². The summed E-state index contributed by atoms with van der Waals surface area (Å²) in [4.78, 5) is 73.5. The second-order valence-electron chi connectivity index (χ2n) is 16.6. The minimum Gasteiger partial charge on any atom is -0.423 e. The molecule has 0 radical (unpaired) electrons. The Labute approximate surface area is 450 Å². The minimum absolute atomic E-state index is 0.250. The standard InChI is InChI=1S/C9H6O2.C6H13N.C5H6N2O2.C5H9NS.C4H7N3O.C4H4N2O2.C4H10N2.C4H9NS.C4H8O2.C4H8S2/c10-9-6-5-7-3-1-2-4-8(7)11-9;1-2-4-6-7-5-3-1;1-3-2-4(8)7-5(9)6-3;1-2-6-3-4-7-5(1)6;5-3-1-2-6-4(8)7-3;7-3-1-2-5-4(8)6-3;1-2-6-4-3-5-1;1-3-6-4-2-5-1;1-2-6-4-3-5-1;1-2-5-4-6-3-1/h1-6H;7H,1-6H2;2H,1H3,(H2,6,7,8,9);5H,1-4H2;1-3H,5H2,(H2,6,7,8);1-2H,(H2,5,6,7,8);5-6H,1-4H2;5H,1-4H2;2*1-4H2. The smallest absolute Gasteiger partial charge is 0.336 e. The number of amides is 2. The number of aromatic nitrogens is 4. The van der Waals surface area contributed by atoms with Crippen LogP contribution in [0.15, 0.2) is 95.4 Å².